The van der Waals surface area contributed by atoms with Gasteiger partial charge in [-0.3, -0.25) is 14.9 Å². The quantitative estimate of drug-likeness (QED) is 0.296. The van der Waals surface area contributed by atoms with Crippen molar-refractivity contribution in [1.29, 1.82) is 0 Å². The van der Waals surface area contributed by atoms with Gasteiger partial charge in [0.1, 0.15) is 12.1 Å². The topological polar surface area (TPSA) is 116 Å². The monoisotopic (exact) mass is 482 g/mol. The van der Waals surface area contributed by atoms with Crippen molar-refractivity contribution in [3.8, 4) is 0 Å². The number of hydrogen-bond acceptors (Lipinski definition) is 6. The van der Waals surface area contributed by atoms with Crippen LogP contribution in [0, 0.1) is 28.4 Å². The Kier molecular flexibility index (Phi) is 5.93. The Morgan fingerprint density at radius 2 is 1.82 bits per heavy atom. The Bertz CT molecular complexity index is 1390. The van der Waals surface area contributed by atoms with Crippen molar-refractivity contribution in [2.75, 3.05) is 0 Å². The van der Waals surface area contributed by atoms with E-state index in [0.29, 0.717) is 29.2 Å². The van der Waals surface area contributed by atoms with Gasteiger partial charge in [-0.25, -0.2) is 12.4 Å². The summed E-state index contributed by atoms with van der Waals surface area (Å²) in [5.41, 5.74) is 0.381. The highest BCUT2D eigenvalue weighted by molar-refractivity contribution is 7.90. The summed E-state index contributed by atoms with van der Waals surface area (Å²) in [6.07, 6.45) is 2.52. The van der Waals surface area contributed by atoms with Gasteiger partial charge >= 0.3 is 0 Å². The summed E-state index contributed by atoms with van der Waals surface area (Å²) in [6, 6.07) is 11.8. The Morgan fingerprint density at radius 3 is 2.41 bits per heavy atom. The first-order chi connectivity index (χ1) is 16.0. The third-order valence-corrected chi connectivity index (χ3v) is 8.80. The number of para-hydroxylation sites is 1. The first-order valence-corrected chi connectivity index (χ1v) is 12.5. The Morgan fingerprint density at radius 1 is 1.18 bits per heavy atom. The summed E-state index contributed by atoms with van der Waals surface area (Å²) in [5.74, 6) is -1.87. The fraction of sp³-hybridized carbons (Fsp3) is 0.360. The van der Waals surface area contributed by atoms with E-state index in [2.05, 4.69) is 0 Å². The number of aromatic nitrogens is 1. The normalized spacial score (nSPS) is 25.2. The number of carbonyl (C=O) groups is 2. The van der Waals surface area contributed by atoms with Gasteiger partial charge in [0.05, 0.1) is 21.7 Å². The molecule has 4 atom stereocenters. The van der Waals surface area contributed by atoms with Crippen LogP contribution in [0.15, 0.2) is 59.6 Å². The second-order valence-electron chi connectivity index (χ2n) is 9.35. The summed E-state index contributed by atoms with van der Waals surface area (Å²) >= 11 is 0. The molecule has 1 aliphatic carbocycles. The van der Waals surface area contributed by atoms with Crippen LogP contribution in [0.5, 0.6) is 0 Å². The van der Waals surface area contributed by atoms with Gasteiger partial charge in [0.2, 0.25) is 6.04 Å². The third kappa shape index (κ3) is 3.73. The van der Waals surface area contributed by atoms with Gasteiger partial charge in [0, 0.05) is 22.4 Å². The molecule has 0 amide bonds. The second kappa shape index (κ2) is 8.47. The fourth-order valence-electron chi connectivity index (χ4n) is 5.23. The Balaban J connectivity index is 2.00. The van der Waals surface area contributed by atoms with E-state index in [-0.39, 0.29) is 17.1 Å². The lowest BCUT2D eigenvalue weighted by Gasteiger charge is -2.40. The highest BCUT2D eigenvalue weighted by atomic mass is 32.2. The van der Waals surface area contributed by atoms with Crippen LogP contribution < -0.4 is 0 Å². The highest BCUT2D eigenvalue weighted by Gasteiger charge is 2.56. The smallest absolute Gasteiger partial charge is 0.268 e. The lowest BCUT2D eigenvalue weighted by Crippen LogP contribution is -2.51. The number of benzene rings is 2. The van der Waals surface area contributed by atoms with E-state index in [1.54, 1.807) is 43.3 Å². The zero-order valence-electron chi connectivity index (χ0n) is 19.2. The standard InChI is InChI=1S/C25H26N2O6S/c1-16-8-10-18(11-9-16)34(32,33)26-14-21(20-6-4-5-7-22(20)26)23-19(17(2)29)12-13-25(3,15-28)24(23)27(30)31/h4-11,14-15,19,23-24H,12-13H2,1-3H3/t19-,23+,24+,25+/m0/s1. The molecule has 178 valence electrons. The van der Waals surface area contributed by atoms with E-state index < -0.39 is 38.2 Å². The highest BCUT2D eigenvalue weighted by Crippen LogP contribution is 2.50. The summed E-state index contributed by atoms with van der Waals surface area (Å²) in [4.78, 5) is 36.5. The minimum Gasteiger partial charge on any atom is -0.302 e. The average Bonchev–Trinajstić information content (AvgIpc) is 3.19. The zero-order chi connectivity index (χ0) is 24.8. The predicted molar refractivity (Wildman–Crippen MR) is 127 cm³/mol. The fourth-order valence-corrected chi connectivity index (χ4v) is 6.61. The molecule has 0 saturated heterocycles. The maximum Gasteiger partial charge on any atom is 0.268 e. The lowest BCUT2D eigenvalue weighted by molar-refractivity contribution is -0.546. The van der Waals surface area contributed by atoms with Crippen LogP contribution >= 0.6 is 0 Å². The number of aldehydes is 1. The molecule has 1 heterocycles. The SMILES string of the molecule is CC(=O)[C@@H]1CC[C@](C)(C=O)[C@H]([N+](=O)[O-])[C@H]1c1cn(S(=O)(=O)c2ccc(C)cc2)c2ccccc12. The maximum atomic E-state index is 13.6. The van der Waals surface area contributed by atoms with Crippen molar-refractivity contribution in [3.05, 3.63) is 76.0 Å². The lowest BCUT2D eigenvalue weighted by atomic mass is 9.60. The van der Waals surface area contributed by atoms with Crippen molar-refractivity contribution >= 4 is 33.0 Å². The van der Waals surface area contributed by atoms with Crippen LogP contribution in [0.4, 0.5) is 0 Å². The number of nitro groups is 1. The average molecular weight is 483 g/mol. The molecule has 8 nitrogen and oxygen atoms in total. The number of aryl methyl sites for hydroxylation is 1. The van der Waals surface area contributed by atoms with Gasteiger partial charge in [-0.1, -0.05) is 35.9 Å². The van der Waals surface area contributed by atoms with Crippen molar-refractivity contribution in [1.82, 2.24) is 3.97 Å². The Hall–Kier alpha value is -3.33. The molecule has 1 fully saturated rings. The van der Waals surface area contributed by atoms with Gasteiger partial charge in [0.15, 0.2) is 0 Å². The molecule has 3 aromatic rings. The van der Waals surface area contributed by atoms with Gasteiger partial charge in [-0.2, -0.15) is 0 Å². The molecule has 1 aromatic heterocycles. The molecule has 0 unspecified atom stereocenters. The van der Waals surface area contributed by atoms with E-state index in [0.717, 1.165) is 9.54 Å². The van der Waals surface area contributed by atoms with Crippen LogP contribution in [-0.2, 0) is 19.6 Å². The van der Waals surface area contributed by atoms with Gasteiger partial charge in [0.25, 0.3) is 10.0 Å². The summed E-state index contributed by atoms with van der Waals surface area (Å²) in [6.45, 7) is 4.78. The molecule has 0 N–H and O–H groups in total. The Labute approximate surface area is 197 Å². The number of ketones is 1. The van der Waals surface area contributed by atoms with Gasteiger partial charge < -0.3 is 4.79 Å². The van der Waals surface area contributed by atoms with E-state index >= 15 is 0 Å². The van der Waals surface area contributed by atoms with Crippen molar-refractivity contribution in [2.45, 2.75) is 50.5 Å². The number of rotatable bonds is 6. The number of fused-ring (bicyclic) bond motifs is 1. The molecule has 1 saturated carbocycles. The first-order valence-electron chi connectivity index (χ1n) is 11.0. The van der Waals surface area contributed by atoms with Crippen molar-refractivity contribution in [2.24, 2.45) is 11.3 Å². The van der Waals surface area contributed by atoms with Gasteiger partial charge in [-0.15, -0.1) is 0 Å². The number of nitrogens with zero attached hydrogens (tertiary/aromatic N) is 2. The molecule has 34 heavy (non-hydrogen) atoms. The third-order valence-electron chi connectivity index (χ3n) is 7.11. The van der Waals surface area contributed by atoms with Crippen LogP contribution in [0.25, 0.3) is 10.9 Å². The molecular formula is C25H26N2O6S. The first kappa shape index (κ1) is 23.8. The molecule has 1 aliphatic rings. The molecular weight excluding hydrogens is 456 g/mol. The molecule has 0 radical (unpaired) electrons. The number of carbonyl (C=O) groups excluding carboxylic acids is 2. The largest absolute Gasteiger partial charge is 0.302 e. The molecule has 2 aromatic carbocycles. The van der Waals surface area contributed by atoms with Crippen LogP contribution in [-0.4, -0.2) is 35.4 Å². The number of hydrogen-bond donors (Lipinski definition) is 0. The summed E-state index contributed by atoms with van der Waals surface area (Å²) in [7, 11) is -4.02. The van der Waals surface area contributed by atoms with E-state index in [9.17, 15) is 28.1 Å². The molecule has 9 heteroatoms. The summed E-state index contributed by atoms with van der Waals surface area (Å²) < 4.78 is 28.3. The molecule has 0 spiro atoms. The number of Topliss-reactive ketones (excluding diaryl/α,β-unsaturated/α-hetero) is 1. The summed E-state index contributed by atoms with van der Waals surface area (Å²) in [5, 5.41) is 12.8. The molecule has 0 aliphatic heterocycles. The minimum absolute atomic E-state index is 0.0840. The van der Waals surface area contributed by atoms with E-state index in [1.807, 2.05) is 6.92 Å². The van der Waals surface area contributed by atoms with E-state index in [4.69, 9.17) is 0 Å². The molecule has 4 rings (SSSR count). The predicted octanol–water partition coefficient (Wildman–Crippen LogP) is 4.12. The zero-order valence-corrected chi connectivity index (χ0v) is 20.0. The van der Waals surface area contributed by atoms with Crippen molar-refractivity contribution < 1.29 is 22.9 Å². The van der Waals surface area contributed by atoms with Crippen LogP contribution in [0.2, 0.25) is 0 Å². The van der Waals surface area contributed by atoms with Crippen molar-refractivity contribution in [3.63, 3.8) is 0 Å². The maximum absolute atomic E-state index is 13.6. The molecule has 0 bridgehead atoms. The van der Waals surface area contributed by atoms with E-state index in [1.165, 1.54) is 25.3 Å². The van der Waals surface area contributed by atoms with Crippen LogP contribution in [0.1, 0.15) is 43.7 Å². The van der Waals surface area contributed by atoms with Crippen LogP contribution in [0.3, 0.4) is 0 Å². The minimum atomic E-state index is -4.02. The van der Waals surface area contributed by atoms with Gasteiger partial charge in [-0.05, 0) is 57.4 Å². The second-order valence-corrected chi connectivity index (χ2v) is 11.2.